The van der Waals surface area contributed by atoms with Crippen LogP contribution in [0.25, 0.3) is 11.1 Å². The maximum Gasteiger partial charge on any atom is 0.140 e. The lowest BCUT2D eigenvalue weighted by Gasteiger charge is -2.24. The monoisotopic (exact) mass is 343 g/mol. The lowest BCUT2D eigenvalue weighted by atomic mass is 9.99. The van der Waals surface area contributed by atoms with Crippen molar-refractivity contribution >= 4 is 5.82 Å². The molecule has 0 saturated carbocycles. The fourth-order valence-corrected chi connectivity index (χ4v) is 3.26. The number of rotatable bonds is 3. The summed E-state index contributed by atoms with van der Waals surface area (Å²) in [5.74, 6) is 1.66. The van der Waals surface area contributed by atoms with Gasteiger partial charge < -0.3 is 9.64 Å². The molecule has 1 fully saturated rings. The number of hydrogen-bond acceptors (Lipinski definition) is 4. The van der Waals surface area contributed by atoms with Gasteiger partial charge in [-0.25, -0.2) is 14.4 Å². The van der Waals surface area contributed by atoms with Crippen LogP contribution in [0.3, 0.4) is 0 Å². The SMILES string of the molecule is Cc1cc(OC(C)(C)C)ccc1-c1c(C)ncnc1N1CCC(F)C1. The molecule has 1 atom stereocenters. The molecule has 0 spiro atoms. The molecule has 0 bridgehead atoms. The molecule has 0 aliphatic carbocycles. The van der Waals surface area contributed by atoms with Crippen molar-refractivity contribution in [2.24, 2.45) is 0 Å². The lowest BCUT2D eigenvalue weighted by molar-refractivity contribution is 0.131. The third-order valence-corrected chi connectivity index (χ3v) is 4.34. The summed E-state index contributed by atoms with van der Waals surface area (Å²) in [6, 6.07) is 6.07. The van der Waals surface area contributed by atoms with Crippen molar-refractivity contribution in [3.8, 4) is 16.9 Å². The van der Waals surface area contributed by atoms with Crippen molar-refractivity contribution in [3.05, 3.63) is 35.8 Å². The smallest absolute Gasteiger partial charge is 0.140 e. The lowest BCUT2D eigenvalue weighted by Crippen LogP contribution is -2.23. The van der Waals surface area contributed by atoms with Crippen molar-refractivity contribution in [2.45, 2.75) is 52.8 Å². The second-order valence-corrected chi connectivity index (χ2v) is 7.68. The zero-order valence-corrected chi connectivity index (χ0v) is 15.6. The Morgan fingerprint density at radius 2 is 1.96 bits per heavy atom. The van der Waals surface area contributed by atoms with Crippen molar-refractivity contribution < 1.29 is 9.13 Å². The predicted molar refractivity (Wildman–Crippen MR) is 99.0 cm³/mol. The van der Waals surface area contributed by atoms with Gasteiger partial charge >= 0.3 is 0 Å². The molecule has 4 nitrogen and oxygen atoms in total. The third kappa shape index (κ3) is 3.91. The number of anilines is 1. The van der Waals surface area contributed by atoms with Gasteiger partial charge in [-0.15, -0.1) is 0 Å². The first-order valence-electron chi connectivity index (χ1n) is 8.75. The summed E-state index contributed by atoms with van der Waals surface area (Å²) >= 11 is 0. The summed E-state index contributed by atoms with van der Waals surface area (Å²) in [6.07, 6.45) is 1.33. The number of halogens is 1. The first kappa shape index (κ1) is 17.6. The van der Waals surface area contributed by atoms with E-state index in [9.17, 15) is 4.39 Å². The maximum atomic E-state index is 13.7. The summed E-state index contributed by atoms with van der Waals surface area (Å²) in [4.78, 5) is 10.9. The van der Waals surface area contributed by atoms with Gasteiger partial charge in [-0.1, -0.05) is 6.07 Å². The minimum Gasteiger partial charge on any atom is -0.488 e. The second kappa shape index (κ2) is 6.62. The quantitative estimate of drug-likeness (QED) is 0.823. The van der Waals surface area contributed by atoms with E-state index in [-0.39, 0.29) is 5.60 Å². The van der Waals surface area contributed by atoms with Gasteiger partial charge in [0.05, 0.1) is 12.2 Å². The molecule has 5 heteroatoms. The first-order valence-corrected chi connectivity index (χ1v) is 8.75. The van der Waals surface area contributed by atoms with Crippen molar-refractivity contribution in [1.82, 2.24) is 9.97 Å². The highest BCUT2D eigenvalue weighted by atomic mass is 19.1. The van der Waals surface area contributed by atoms with E-state index >= 15 is 0 Å². The van der Waals surface area contributed by atoms with E-state index in [1.165, 1.54) is 0 Å². The maximum absolute atomic E-state index is 13.7. The van der Waals surface area contributed by atoms with Crippen LogP contribution in [-0.4, -0.2) is 34.8 Å². The van der Waals surface area contributed by atoms with Gasteiger partial charge in [-0.3, -0.25) is 0 Å². The number of alkyl halides is 1. The standard InChI is InChI=1S/C20H26FN3O/c1-13-10-16(25-20(3,4)5)6-7-17(13)18-14(2)22-12-23-19(18)24-9-8-15(21)11-24/h6-7,10,12,15H,8-9,11H2,1-5H3. The highest BCUT2D eigenvalue weighted by Crippen LogP contribution is 2.36. The summed E-state index contributed by atoms with van der Waals surface area (Å²) in [5.41, 5.74) is 3.81. The van der Waals surface area contributed by atoms with Crippen LogP contribution in [0.4, 0.5) is 10.2 Å². The summed E-state index contributed by atoms with van der Waals surface area (Å²) in [6.45, 7) is 11.2. The fourth-order valence-electron chi connectivity index (χ4n) is 3.26. The molecule has 1 aromatic carbocycles. The van der Waals surface area contributed by atoms with Gasteiger partial charge in [0.1, 0.15) is 29.7 Å². The number of aryl methyl sites for hydroxylation is 2. The van der Waals surface area contributed by atoms with Gasteiger partial charge in [0.25, 0.3) is 0 Å². The van der Waals surface area contributed by atoms with Crippen molar-refractivity contribution in [3.63, 3.8) is 0 Å². The van der Waals surface area contributed by atoms with Crippen molar-refractivity contribution in [1.29, 1.82) is 0 Å². The van der Waals surface area contributed by atoms with Crippen LogP contribution >= 0.6 is 0 Å². The molecule has 0 N–H and O–H groups in total. The van der Waals surface area contributed by atoms with E-state index in [0.29, 0.717) is 19.5 Å². The Balaban J connectivity index is 2.02. The summed E-state index contributed by atoms with van der Waals surface area (Å²) in [7, 11) is 0. The van der Waals surface area contributed by atoms with Crippen molar-refractivity contribution in [2.75, 3.05) is 18.0 Å². The Hall–Kier alpha value is -2.17. The Morgan fingerprint density at radius 3 is 2.56 bits per heavy atom. The second-order valence-electron chi connectivity index (χ2n) is 7.68. The van der Waals surface area contributed by atoms with Crippen LogP contribution in [0, 0.1) is 13.8 Å². The number of nitrogens with zero attached hydrogens (tertiary/aromatic N) is 3. The van der Waals surface area contributed by atoms with E-state index in [1.807, 2.05) is 44.7 Å². The molecular weight excluding hydrogens is 317 g/mol. The highest BCUT2D eigenvalue weighted by Gasteiger charge is 2.26. The van der Waals surface area contributed by atoms with Gasteiger partial charge in [0.2, 0.25) is 0 Å². The van der Waals surface area contributed by atoms with E-state index in [2.05, 4.69) is 23.0 Å². The normalized spacial score (nSPS) is 17.8. The fraction of sp³-hybridized carbons (Fsp3) is 0.500. The average Bonchev–Trinajstić information content (AvgIpc) is 2.93. The number of benzene rings is 1. The topological polar surface area (TPSA) is 38.3 Å². The van der Waals surface area contributed by atoms with E-state index in [0.717, 1.165) is 34.0 Å². The van der Waals surface area contributed by atoms with Crippen LogP contribution < -0.4 is 9.64 Å². The predicted octanol–water partition coefficient (Wildman–Crippen LogP) is 4.49. The molecule has 2 aromatic rings. The molecule has 1 saturated heterocycles. The zero-order chi connectivity index (χ0) is 18.2. The molecule has 2 heterocycles. The van der Waals surface area contributed by atoms with E-state index in [1.54, 1.807) is 6.33 Å². The van der Waals surface area contributed by atoms with Gasteiger partial charge in [0, 0.05) is 12.1 Å². The molecule has 1 aliphatic rings. The molecule has 134 valence electrons. The molecule has 3 rings (SSSR count). The van der Waals surface area contributed by atoms with Crippen LogP contribution in [0.15, 0.2) is 24.5 Å². The third-order valence-electron chi connectivity index (χ3n) is 4.34. The minimum atomic E-state index is -0.785. The Morgan fingerprint density at radius 1 is 1.20 bits per heavy atom. The van der Waals surface area contributed by atoms with Gasteiger partial charge in [-0.05, 0) is 64.3 Å². The molecule has 1 aliphatic heterocycles. The zero-order valence-electron chi connectivity index (χ0n) is 15.6. The summed E-state index contributed by atoms with van der Waals surface area (Å²) < 4.78 is 19.6. The van der Waals surface area contributed by atoms with Gasteiger partial charge in [-0.2, -0.15) is 0 Å². The number of ether oxygens (including phenoxy) is 1. The Kier molecular flexibility index (Phi) is 4.67. The molecule has 0 radical (unpaired) electrons. The molecule has 1 aromatic heterocycles. The van der Waals surface area contributed by atoms with Gasteiger partial charge in [0.15, 0.2) is 0 Å². The molecule has 0 amide bonds. The van der Waals surface area contributed by atoms with Crippen LogP contribution in [0.1, 0.15) is 38.4 Å². The Labute approximate surface area is 149 Å². The molecule has 1 unspecified atom stereocenters. The molecular formula is C20H26FN3O. The minimum absolute atomic E-state index is 0.240. The van der Waals surface area contributed by atoms with Crippen LogP contribution in [0.2, 0.25) is 0 Å². The summed E-state index contributed by atoms with van der Waals surface area (Å²) in [5, 5.41) is 0. The first-order chi connectivity index (χ1) is 11.7. The highest BCUT2D eigenvalue weighted by molar-refractivity contribution is 5.80. The van der Waals surface area contributed by atoms with Crippen LogP contribution in [-0.2, 0) is 0 Å². The average molecular weight is 343 g/mol. The van der Waals surface area contributed by atoms with E-state index in [4.69, 9.17) is 4.74 Å². The van der Waals surface area contributed by atoms with Crippen LogP contribution in [0.5, 0.6) is 5.75 Å². The number of hydrogen-bond donors (Lipinski definition) is 0. The van der Waals surface area contributed by atoms with E-state index < -0.39 is 6.17 Å². The number of aromatic nitrogens is 2. The largest absolute Gasteiger partial charge is 0.488 e. The Bertz CT molecular complexity index is 770. The molecule has 25 heavy (non-hydrogen) atoms.